The maximum atomic E-state index is 13.0. The van der Waals surface area contributed by atoms with E-state index in [1.807, 2.05) is 19.1 Å². The molecule has 0 aliphatic heterocycles. The van der Waals surface area contributed by atoms with Crippen molar-refractivity contribution in [2.45, 2.75) is 29.4 Å². The smallest absolute Gasteiger partial charge is 0.326 e. The molecule has 0 radical (unpaired) electrons. The monoisotopic (exact) mass is 389 g/mol. The molecule has 1 aliphatic carbocycles. The number of aryl methyl sites for hydroxylation is 1. The summed E-state index contributed by atoms with van der Waals surface area (Å²) in [6.07, 6.45) is 0.805. The van der Waals surface area contributed by atoms with E-state index in [0.717, 1.165) is 12.0 Å². The van der Waals surface area contributed by atoms with Gasteiger partial charge in [-0.2, -0.15) is 5.26 Å². The van der Waals surface area contributed by atoms with Gasteiger partial charge in [0.05, 0.1) is 11.0 Å². The Morgan fingerprint density at radius 2 is 1.77 bits per heavy atom. The Morgan fingerprint density at radius 3 is 2.23 bits per heavy atom. The number of hydrogen-bond acceptors (Lipinski definition) is 4. The molecule has 26 heavy (non-hydrogen) atoms. The minimum Gasteiger partial charge on any atom is -0.480 e. The topological polar surface area (TPSA) is 95.2 Å². The Bertz CT molecular complexity index is 993. The average Bonchev–Trinajstić information content (AvgIpc) is 3.34. The van der Waals surface area contributed by atoms with E-state index >= 15 is 0 Å². The Hall–Kier alpha value is -2.36. The Kier molecular flexibility index (Phi) is 4.55. The van der Waals surface area contributed by atoms with E-state index < -0.39 is 32.4 Å². The van der Waals surface area contributed by atoms with Gasteiger partial charge < -0.3 is 5.11 Å². The lowest BCUT2D eigenvalue weighted by Crippen LogP contribution is -2.22. The van der Waals surface area contributed by atoms with Crippen LogP contribution in [0.5, 0.6) is 0 Å². The number of sulfone groups is 1. The highest BCUT2D eigenvalue weighted by molar-refractivity contribution is 7.92. The zero-order valence-corrected chi connectivity index (χ0v) is 15.5. The van der Waals surface area contributed by atoms with E-state index in [-0.39, 0.29) is 4.90 Å². The second kappa shape index (κ2) is 6.42. The fourth-order valence-corrected chi connectivity index (χ4v) is 5.76. The normalized spacial score (nSPS) is 24.7. The molecule has 134 valence electrons. The summed E-state index contributed by atoms with van der Waals surface area (Å²) in [5.41, 5.74) is -0.412. The van der Waals surface area contributed by atoms with Gasteiger partial charge in [0.15, 0.2) is 15.3 Å². The van der Waals surface area contributed by atoms with Crippen molar-refractivity contribution in [3.63, 3.8) is 0 Å². The molecule has 0 saturated heterocycles. The van der Waals surface area contributed by atoms with Crippen LogP contribution in [-0.4, -0.2) is 24.7 Å². The molecule has 0 heterocycles. The van der Waals surface area contributed by atoms with Crippen molar-refractivity contribution in [2.75, 3.05) is 0 Å². The van der Waals surface area contributed by atoms with E-state index in [4.69, 9.17) is 11.6 Å². The first-order valence-corrected chi connectivity index (χ1v) is 9.94. The summed E-state index contributed by atoms with van der Waals surface area (Å²) in [5.74, 6) is -2.34. The Balaban J connectivity index is 2.10. The van der Waals surface area contributed by atoms with Crippen molar-refractivity contribution in [1.82, 2.24) is 0 Å². The van der Waals surface area contributed by atoms with Gasteiger partial charge in [0.1, 0.15) is 5.25 Å². The lowest BCUT2D eigenvalue weighted by Gasteiger charge is -2.05. The molecule has 1 saturated carbocycles. The maximum absolute atomic E-state index is 13.0. The van der Waals surface area contributed by atoms with Crippen LogP contribution in [0, 0.1) is 16.7 Å². The summed E-state index contributed by atoms with van der Waals surface area (Å²) in [7, 11) is -4.02. The number of nitriles is 1. The molecule has 1 N–H and O–H groups in total. The number of halogens is 1. The predicted molar refractivity (Wildman–Crippen MR) is 96.7 cm³/mol. The molecular formula is C19H16ClNO4S. The van der Waals surface area contributed by atoms with Gasteiger partial charge in [-0.1, -0.05) is 42.8 Å². The van der Waals surface area contributed by atoms with Crippen molar-refractivity contribution in [1.29, 1.82) is 5.26 Å². The highest BCUT2D eigenvalue weighted by Crippen LogP contribution is 2.64. The minimum atomic E-state index is -4.02. The van der Waals surface area contributed by atoms with Crippen LogP contribution in [0.25, 0.3) is 0 Å². The first kappa shape index (κ1) is 18.4. The first-order chi connectivity index (χ1) is 12.3. The van der Waals surface area contributed by atoms with Crippen LogP contribution in [0.1, 0.15) is 24.0 Å². The van der Waals surface area contributed by atoms with Crippen molar-refractivity contribution < 1.29 is 18.3 Å². The van der Waals surface area contributed by atoms with E-state index in [9.17, 15) is 23.6 Å². The standard InChI is InChI=1S/C19H16ClNO4S/c1-2-12-3-5-13(6-4-12)16-17(19(16,11-21)18(22)23)26(24,25)15-9-7-14(20)8-10-15/h3-10,16-17H,2H2,1H3,(H,22,23)/t16-,17-,19+/m1/s1. The molecule has 2 aromatic carbocycles. The van der Waals surface area contributed by atoms with Crippen molar-refractivity contribution >= 4 is 27.4 Å². The number of aliphatic carboxylic acids is 1. The van der Waals surface area contributed by atoms with Crippen molar-refractivity contribution in [3.05, 3.63) is 64.7 Å². The molecule has 2 aromatic rings. The molecule has 0 bridgehead atoms. The second-order valence-corrected chi connectivity index (χ2v) is 8.78. The number of carboxylic acid groups (broad SMARTS) is 1. The summed E-state index contributed by atoms with van der Waals surface area (Å²) in [6.45, 7) is 1.98. The van der Waals surface area contributed by atoms with Gasteiger partial charge in [0, 0.05) is 10.9 Å². The molecular weight excluding hydrogens is 374 g/mol. The molecule has 0 amide bonds. The van der Waals surface area contributed by atoms with Crippen LogP contribution in [0.15, 0.2) is 53.4 Å². The molecule has 1 fully saturated rings. The lowest BCUT2D eigenvalue weighted by atomic mass is 9.99. The highest BCUT2D eigenvalue weighted by atomic mass is 35.5. The number of carboxylic acids is 1. The molecule has 3 atom stereocenters. The Morgan fingerprint density at radius 1 is 1.19 bits per heavy atom. The largest absolute Gasteiger partial charge is 0.480 e. The van der Waals surface area contributed by atoms with Crippen molar-refractivity contribution in [2.24, 2.45) is 5.41 Å². The van der Waals surface area contributed by atoms with Crippen LogP contribution in [-0.2, 0) is 21.1 Å². The molecule has 0 unspecified atom stereocenters. The number of benzene rings is 2. The zero-order valence-electron chi connectivity index (χ0n) is 13.9. The third kappa shape index (κ3) is 2.68. The Labute approximate surface area is 156 Å². The molecule has 1 aliphatic rings. The van der Waals surface area contributed by atoms with E-state index in [1.165, 1.54) is 24.3 Å². The van der Waals surface area contributed by atoms with Gasteiger partial charge in [-0.3, -0.25) is 4.79 Å². The first-order valence-electron chi connectivity index (χ1n) is 8.02. The summed E-state index contributed by atoms with van der Waals surface area (Å²) < 4.78 is 26.1. The third-order valence-electron chi connectivity index (χ3n) is 4.90. The summed E-state index contributed by atoms with van der Waals surface area (Å²) in [4.78, 5) is 11.8. The zero-order chi connectivity index (χ0) is 19.1. The van der Waals surface area contributed by atoms with Crippen LogP contribution < -0.4 is 0 Å². The molecule has 7 heteroatoms. The number of rotatable bonds is 5. The van der Waals surface area contributed by atoms with E-state index in [2.05, 4.69) is 0 Å². The summed E-state index contributed by atoms with van der Waals surface area (Å²) in [6, 6.07) is 14.3. The van der Waals surface area contributed by atoms with Gasteiger partial charge >= 0.3 is 5.97 Å². The third-order valence-corrected chi connectivity index (χ3v) is 7.39. The lowest BCUT2D eigenvalue weighted by molar-refractivity contribution is -0.141. The van der Waals surface area contributed by atoms with Gasteiger partial charge in [-0.05, 0) is 41.8 Å². The van der Waals surface area contributed by atoms with Gasteiger partial charge in [-0.15, -0.1) is 0 Å². The van der Waals surface area contributed by atoms with Gasteiger partial charge in [0.2, 0.25) is 0 Å². The molecule has 0 spiro atoms. The fraction of sp³-hybridized carbons (Fsp3) is 0.263. The fourth-order valence-electron chi connectivity index (χ4n) is 3.38. The highest BCUT2D eigenvalue weighted by Gasteiger charge is 2.77. The van der Waals surface area contributed by atoms with Crippen LogP contribution in [0.4, 0.5) is 0 Å². The maximum Gasteiger partial charge on any atom is 0.326 e. The van der Waals surface area contributed by atoms with Gasteiger partial charge in [-0.25, -0.2) is 8.42 Å². The minimum absolute atomic E-state index is 0.0412. The predicted octanol–water partition coefficient (Wildman–Crippen LogP) is 3.44. The van der Waals surface area contributed by atoms with Crippen LogP contribution in [0.2, 0.25) is 5.02 Å². The van der Waals surface area contributed by atoms with E-state index in [0.29, 0.717) is 10.6 Å². The van der Waals surface area contributed by atoms with Crippen molar-refractivity contribution in [3.8, 4) is 6.07 Å². The van der Waals surface area contributed by atoms with E-state index in [1.54, 1.807) is 18.2 Å². The number of nitrogens with zero attached hydrogens (tertiary/aromatic N) is 1. The molecule has 0 aromatic heterocycles. The second-order valence-electron chi connectivity index (χ2n) is 6.28. The summed E-state index contributed by atoms with van der Waals surface area (Å²) in [5, 5.41) is 18.3. The summed E-state index contributed by atoms with van der Waals surface area (Å²) >= 11 is 5.80. The quantitative estimate of drug-likeness (QED) is 0.845. The van der Waals surface area contributed by atoms with Gasteiger partial charge in [0.25, 0.3) is 0 Å². The van der Waals surface area contributed by atoms with Crippen LogP contribution >= 0.6 is 11.6 Å². The number of carbonyl (C=O) groups is 1. The number of hydrogen-bond donors (Lipinski definition) is 1. The molecule has 3 rings (SSSR count). The SMILES string of the molecule is CCc1ccc([C@@H]2[C@@H](S(=O)(=O)c3ccc(Cl)cc3)[C@@]2(C#N)C(=O)O)cc1. The average molecular weight is 390 g/mol. The molecule has 5 nitrogen and oxygen atoms in total. The van der Waals surface area contributed by atoms with Crippen LogP contribution in [0.3, 0.4) is 0 Å².